The van der Waals surface area contributed by atoms with Crippen LogP contribution in [-0.2, 0) is 11.3 Å². The summed E-state index contributed by atoms with van der Waals surface area (Å²) in [4.78, 5) is 12.2. The van der Waals surface area contributed by atoms with E-state index in [4.69, 9.17) is 10.6 Å². The molecule has 0 aliphatic heterocycles. The topological polar surface area (TPSA) is 70.8 Å². The van der Waals surface area contributed by atoms with Gasteiger partial charge in [-0.15, -0.1) is 0 Å². The van der Waals surface area contributed by atoms with Crippen molar-refractivity contribution in [2.75, 3.05) is 13.1 Å². The normalized spacial score (nSPS) is 11.0. The van der Waals surface area contributed by atoms with E-state index >= 15 is 0 Å². The minimum atomic E-state index is -0.568. The lowest BCUT2D eigenvalue weighted by Crippen LogP contribution is -2.47. The summed E-state index contributed by atoms with van der Waals surface area (Å²) in [6, 6.07) is 9.85. The predicted molar refractivity (Wildman–Crippen MR) is 122 cm³/mol. The molecule has 1 rings (SSSR count). The Morgan fingerprint density at radius 1 is 1.17 bits per heavy atom. The van der Waals surface area contributed by atoms with Gasteiger partial charge in [-0.2, -0.15) is 0 Å². The number of hydrogen-bond acceptors (Lipinski definition) is 5. The second-order valence-corrected chi connectivity index (χ2v) is 8.57. The Balaban J connectivity index is 0.00000178. The lowest BCUT2D eigenvalue weighted by Gasteiger charge is -2.31. The molecule has 6 nitrogen and oxygen atoms in total. The third-order valence-corrected chi connectivity index (χ3v) is 3.68. The summed E-state index contributed by atoms with van der Waals surface area (Å²) < 4.78 is 5.35. The van der Waals surface area contributed by atoms with Crippen molar-refractivity contribution < 1.29 is 9.53 Å². The van der Waals surface area contributed by atoms with Crippen molar-refractivity contribution in [3.05, 3.63) is 48.2 Å². The maximum absolute atomic E-state index is 12.2. The molecule has 0 radical (unpaired) electrons. The van der Waals surface area contributed by atoms with E-state index in [0.29, 0.717) is 24.7 Å². The maximum Gasteiger partial charge on any atom is 0.426 e. The summed E-state index contributed by atoms with van der Waals surface area (Å²) in [5.41, 5.74) is 3.94. The number of benzene rings is 1. The van der Waals surface area contributed by atoms with Gasteiger partial charge in [-0.3, -0.25) is 10.9 Å². The molecule has 1 aromatic rings. The molecule has 0 aromatic heterocycles. The van der Waals surface area contributed by atoms with Crippen molar-refractivity contribution in [1.82, 2.24) is 15.4 Å². The van der Waals surface area contributed by atoms with Crippen LogP contribution in [0.4, 0.5) is 4.79 Å². The van der Waals surface area contributed by atoms with Crippen LogP contribution in [-0.4, -0.2) is 34.8 Å². The number of hydrazine groups is 2. The molecule has 0 heterocycles. The van der Waals surface area contributed by atoms with Crippen molar-refractivity contribution in [2.24, 2.45) is 11.8 Å². The van der Waals surface area contributed by atoms with Crippen LogP contribution in [0.2, 0.25) is 0 Å². The highest BCUT2D eigenvalue weighted by atomic mass is 16.6. The van der Waals surface area contributed by atoms with Gasteiger partial charge in [0.15, 0.2) is 0 Å². The molecule has 0 unspecified atom stereocenters. The third-order valence-electron chi connectivity index (χ3n) is 3.68. The number of rotatable bonds is 9. The molecular weight excluding hydrogens is 364 g/mol. The monoisotopic (exact) mass is 406 g/mol. The minimum absolute atomic E-state index is 0.444. The maximum atomic E-state index is 12.2. The van der Waals surface area contributed by atoms with Gasteiger partial charge in [0.05, 0.1) is 13.1 Å². The van der Waals surface area contributed by atoms with E-state index in [1.807, 2.05) is 51.1 Å². The van der Waals surface area contributed by atoms with E-state index < -0.39 is 11.7 Å². The van der Waals surface area contributed by atoms with Gasteiger partial charge >= 0.3 is 6.09 Å². The van der Waals surface area contributed by atoms with Crippen molar-refractivity contribution >= 4 is 6.09 Å². The van der Waals surface area contributed by atoms with Crippen molar-refractivity contribution in [1.29, 1.82) is 0 Å². The van der Waals surface area contributed by atoms with Crippen molar-refractivity contribution in [3.63, 3.8) is 0 Å². The third kappa shape index (κ3) is 14.6. The summed E-state index contributed by atoms with van der Waals surface area (Å²) in [5.74, 6) is 6.48. The first-order valence-corrected chi connectivity index (χ1v) is 10.5. The van der Waals surface area contributed by atoms with Crippen molar-refractivity contribution in [2.45, 2.75) is 73.5 Å². The molecule has 0 aliphatic rings. The lowest BCUT2D eigenvalue weighted by molar-refractivity contribution is 0.0357. The number of hydrogen-bond donors (Lipinski definition) is 2. The number of nitrogens with one attached hydrogen (secondary N) is 1. The number of unbranched alkanes of at least 4 members (excludes halogenated alkanes) is 1. The molecule has 1 amide bonds. The Hall–Kier alpha value is -2.05. The van der Waals surface area contributed by atoms with E-state index in [1.54, 1.807) is 10.0 Å². The fourth-order valence-corrected chi connectivity index (χ4v) is 2.26. The van der Waals surface area contributed by atoms with Crippen LogP contribution in [0.3, 0.4) is 0 Å². The van der Waals surface area contributed by atoms with Crippen LogP contribution in [0.5, 0.6) is 0 Å². The van der Waals surface area contributed by atoms with E-state index in [-0.39, 0.29) is 0 Å². The zero-order valence-corrected chi connectivity index (χ0v) is 19.5. The average molecular weight is 407 g/mol. The van der Waals surface area contributed by atoms with Crippen LogP contribution in [0.15, 0.2) is 42.6 Å². The second-order valence-electron chi connectivity index (χ2n) is 8.57. The highest BCUT2D eigenvalue weighted by Gasteiger charge is 2.20. The van der Waals surface area contributed by atoms with Crippen LogP contribution in [0.25, 0.3) is 0 Å². The fourth-order valence-electron chi connectivity index (χ4n) is 2.26. The zero-order chi connectivity index (χ0) is 22.4. The van der Waals surface area contributed by atoms with Gasteiger partial charge in [0.25, 0.3) is 0 Å². The molecule has 1 aromatic carbocycles. The predicted octanol–water partition coefficient (Wildman–Crippen LogP) is 5.08. The fraction of sp³-hybridized carbons (Fsp3) is 0.609. The Morgan fingerprint density at radius 2 is 1.72 bits per heavy atom. The molecule has 0 saturated carbocycles. The molecule has 0 saturated heterocycles. The van der Waals surface area contributed by atoms with Gasteiger partial charge in [0.1, 0.15) is 5.60 Å². The Bertz CT molecular complexity index is 580. The Morgan fingerprint density at radius 3 is 2.17 bits per heavy atom. The van der Waals surface area contributed by atoms with Gasteiger partial charge in [-0.05, 0) is 32.3 Å². The highest BCUT2D eigenvalue weighted by Crippen LogP contribution is 2.11. The SMILES string of the molecule is C=C(CN(N)CC(C)C)N(Cc1ccccc1)NC(=O)OC(C)(C)C.CCCC. The standard InChI is InChI=1S/C19H32N4O2.C4H10/c1-15(2)12-22(20)13-16(3)23(14-17-10-8-7-9-11-17)21-18(24)25-19(4,5)6;1-3-4-2/h7-11,15H,3,12-14,20H2,1-2,4-6H3,(H,21,24);3-4H2,1-2H3. The number of carbonyl (C=O) groups is 1. The van der Waals surface area contributed by atoms with Gasteiger partial charge < -0.3 is 4.74 Å². The number of nitrogens with two attached hydrogens (primary N) is 1. The highest BCUT2D eigenvalue weighted by molar-refractivity contribution is 5.67. The largest absolute Gasteiger partial charge is 0.443 e. The number of nitrogens with zero attached hydrogens (tertiary/aromatic N) is 2. The van der Waals surface area contributed by atoms with Crippen molar-refractivity contribution in [3.8, 4) is 0 Å². The first kappa shape index (κ1) is 27.0. The van der Waals surface area contributed by atoms with Crippen LogP contribution in [0, 0.1) is 5.92 Å². The first-order valence-electron chi connectivity index (χ1n) is 10.5. The molecule has 3 N–H and O–H groups in total. The van der Waals surface area contributed by atoms with Gasteiger partial charge in [-0.25, -0.2) is 15.2 Å². The summed E-state index contributed by atoms with van der Waals surface area (Å²) in [7, 11) is 0. The van der Waals surface area contributed by atoms with Crippen LogP contribution >= 0.6 is 0 Å². The van der Waals surface area contributed by atoms with Gasteiger partial charge in [-0.1, -0.05) is 77.4 Å². The summed E-state index contributed by atoms with van der Waals surface area (Å²) in [6.45, 7) is 19.8. The molecule has 0 spiro atoms. The van der Waals surface area contributed by atoms with E-state index in [2.05, 4.69) is 39.7 Å². The quantitative estimate of drug-likeness (QED) is 0.442. The average Bonchev–Trinajstić information content (AvgIpc) is 2.59. The van der Waals surface area contributed by atoms with Gasteiger partial charge in [0.2, 0.25) is 0 Å². The van der Waals surface area contributed by atoms with E-state index in [0.717, 1.165) is 12.1 Å². The van der Waals surface area contributed by atoms with Gasteiger partial charge in [0, 0.05) is 12.2 Å². The second kappa shape index (κ2) is 14.0. The van der Waals surface area contributed by atoms with Crippen LogP contribution < -0.4 is 11.3 Å². The van der Waals surface area contributed by atoms with E-state index in [9.17, 15) is 4.79 Å². The number of ether oxygens (including phenoxy) is 1. The summed E-state index contributed by atoms with van der Waals surface area (Å²) in [5, 5.41) is 3.38. The molecule has 166 valence electrons. The summed E-state index contributed by atoms with van der Waals surface area (Å²) in [6.07, 6.45) is 2.12. The first-order chi connectivity index (χ1) is 13.5. The molecule has 6 heteroatoms. The molecule has 0 atom stereocenters. The van der Waals surface area contributed by atoms with Crippen LogP contribution in [0.1, 0.15) is 66.9 Å². The van der Waals surface area contributed by atoms with E-state index in [1.165, 1.54) is 12.8 Å². The molecule has 0 aliphatic carbocycles. The molecule has 0 fully saturated rings. The number of amides is 1. The molecule has 0 bridgehead atoms. The zero-order valence-electron chi connectivity index (χ0n) is 19.5. The molecule has 29 heavy (non-hydrogen) atoms. The molecular formula is C23H42N4O2. The smallest absolute Gasteiger partial charge is 0.426 e. The minimum Gasteiger partial charge on any atom is -0.443 e. The summed E-state index contributed by atoms with van der Waals surface area (Å²) >= 11 is 0. The number of carbonyl (C=O) groups excluding carboxylic acids is 1. The Labute approximate surface area is 178 Å². The lowest BCUT2D eigenvalue weighted by atomic mass is 10.2. The Kier molecular flexibility index (Phi) is 13.0.